The molecule has 0 aromatic heterocycles. The maximum atomic E-state index is 12.9. The van der Waals surface area contributed by atoms with Crippen molar-refractivity contribution in [2.75, 3.05) is 6.54 Å². The molecule has 1 heterocycles. The Balaban J connectivity index is 1.68. The molecule has 2 aliphatic carbocycles. The first kappa shape index (κ1) is 15.6. The second-order valence-corrected chi connectivity index (χ2v) is 8.04. The van der Waals surface area contributed by atoms with E-state index in [9.17, 15) is 9.59 Å². The first-order valence-electron chi connectivity index (χ1n) is 8.58. The smallest absolute Gasteiger partial charge is 0.243 e. The summed E-state index contributed by atoms with van der Waals surface area (Å²) in [6.45, 7) is 9.22. The normalized spacial score (nSPS) is 32.5. The van der Waals surface area contributed by atoms with Gasteiger partial charge in [0, 0.05) is 12.6 Å². The Morgan fingerprint density at radius 2 is 1.86 bits per heavy atom. The lowest BCUT2D eigenvalue weighted by Crippen LogP contribution is -2.47. The Hall–Kier alpha value is -1.32. The van der Waals surface area contributed by atoms with E-state index < -0.39 is 0 Å². The predicted octanol–water partition coefficient (Wildman–Crippen LogP) is 2.49. The largest absolute Gasteiger partial charge is 0.352 e. The molecule has 4 nitrogen and oxygen atoms in total. The number of rotatable bonds is 4. The molecule has 0 spiro atoms. The standard InChI is InChI=1S/C18H28N2O2/c1-11(2)10-13-15(18(13,3)4)17(22)20-9-5-6-14(20)16(21)19-12-7-8-12/h10,12-15H,5-9H2,1-4H3,(H,19,21). The van der Waals surface area contributed by atoms with Crippen molar-refractivity contribution in [3.63, 3.8) is 0 Å². The summed E-state index contributed by atoms with van der Waals surface area (Å²) in [4.78, 5) is 27.2. The van der Waals surface area contributed by atoms with E-state index in [1.807, 2.05) is 4.90 Å². The number of hydrogen-bond donors (Lipinski definition) is 1. The molecule has 0 aromatic rings. The summed E-state index contributed by atoms with van der Waals surface area (Å²) in [5, 5.41) is 3.06. The molecule has 1 N–H and O–H groups in total. The maximum Gasteiger partial charge on any atom is 0.243 e. The van der Waals surface area contributed by atoms with E-state index in [-0.39, 0.29) is 29.2 Å². The van der Waals surface area contributed by atoms with Gasteiger partial charge in [0.25, 0.3) is 0 Å². The number of hydrogen-bond acceptors (Lipinski definition) is 2. The second-order valence-electron chi connectivity index (χ2n) is 8.04. The van der Waals surface area contributed by atoms with Crippen LogP contribution in [0.4, 0.5) is 0 Å². The van der Waals surface area contributed by atoms with Crippen LogP contribution < -0.4 is 5.32 Å². The highest BCUT2D eigenvalue weighted by Crippen LogP contribution is 2.60. The van der Waals surface area contributed by atoms with Crippen LogP contribution in [0.25, 0.3) is 0 Å². The van der Waals surface area contributed by atoms with E-state index in [0.717, 1.165) is 32.2 Å². The summed E-state index contributed by atoms with van der Waals surface area (Å²) < 4.78 is 0. The zero-order chi connectivity index (χ0) is 16.1. The fraction of sp³-hybridized carbons (Fsp3) is 0.778. The molecule has 4 heteroatoms. The van der Waals surface area contributed by atoms with E-state index in [1.165, 1.54) is 5.57 Å². The lowest BCUT2D eigenvalue weighted by atomic mass is 10.1. The number of likely N-dealkylation sites (tertiary alicyclic amines) is 1. The molecular weight excluding hydrogens is 276 g/mol. The molecule has 0 radical (unpaired) electrons. The fourth-order valence-electron chi connectivity index (χ4n) is 3.83. The number of carbonyl (C=O) groups excluding carboxylic acids is 2. The van der Waals surface area contributed by atoms with Crippen LogP contribution in [-0.4, -0.2) is 35.3 Å². The number of carbonyl (C=O) groups is 2. The minimum absolute atomic E-state index is 0.0223. The predicted molar refractivity (Wildman–Crippen MR) is 86.1 cm³/mol. The topological polar surface area (TPSA) is 49.4 Å². The van der Waals surface area contributed by atoms with Gasteiger partial charge in [-0.2, -0.15) is 0 Å². The minimum Gasteiger partial charge on any atom is -0.352 e. The zero-order valence-corrected chi connectivity index (χ0v) is 14.2. The Kier molecular flexibility index (Phi) is 3.82. The first-order valence-corrected chi connectivity index (χ1v) is 8.58. The molecule has 3 aliphatic rings. The third-order valence-corrected chi connectivity index (χ3v) is 5.45. The molecule has 3 rings (SSSR count). The van der Waals surface area contributed by atoms with Gasteiger partial charge in [-0.1, -0.05) is 25.5 Å². The third-order valence-electron chi connectivity index (χ3n) is 5.45. The average molecular weight is 304 g/mol. The molecule has 22 heavy (non-hydrogen) atoms. The molecule has 1 aliphatic heterocycles. The summed E-state index contributed by atoms with van der Waals surface area (Å²) in [5.41, 5.74) is 1.28. The van der Waals surface area contributed by atoms with Gasteiger partial charge in [-0.15, -0.1) is 0 Å². The Morgan fingerprint density at radius 1 is 1.18 bits per heavy atom. The molecular formula is C18H28N2O2. The SMILES string of the molecule is CC(C)=CC1C(C(=O)N2CCCC2C(=O)NC2CC2)C1(C)C. The average Bonchev–Trinajstić information content (AvgIpc) is 3.24. The van der Waals surface area contributed by atoms with Gasteiger partial charge in [0.15, 0.2) is 0 Å². The number of allylic oxidation sites excluding steroid dienone is 2. The van der Waals surface area contributed by atoms with E-state index in [1.54, 1.807) is 0 Å². The lowest BCUT2D eigenvalue weighted by Gasteiger charge is -2.24. The van der Waals surface area contributed by atoms with Crippen molar-refractivity contribution in [1.29, 1.82) is 0 Å². The van der Waals surface area contributed by atoms with Gasteiger partial charge in [-0.3, -0.25) is 9.59 Å². The highest BCUT2D eigenvalue weighted by molar-refractivity contribution is 5.91. The van der Waals surface area contributed by atoms with Crippen LogP contribution in [0.3, 0.4) is 0 Å². The first-order chi connectivity index (χ1) is 10.3. The van der Waals surface area contributed by atoms with E-state index in [2.05, 4.69) is 39.1 Å². The zero-order valence-electron chi connectivity index (χ0n) is 14.2. The van der Waals surface area contributed by atoms with Gasteiger partial charge < -0.3 is 10.2 Å². The molecule has 0 bridgehead atoms. The van der Waals surface area contributed by atoms with E-state index in [4.69, 9.17) is 0 Å². The monoisotopic (exact) mass is 304 g/mol. The van der Waals surface area contributed by atoms with E-state index >= 15 is 0 Å². The summed E-state index contributed by atoms with van der Waals surface area (Å²) in [7, 11) is 0. The summed E-state index contributed by atoms with van der Waals surface area (Å²) >= 11 is 0. The van der Waals surface area contributed by atoms with Crippen LogP contribution in [0.1, 0.15) is 53.4 Å². The molecule has 2 saturated carbocycles. The molecule has 0 aromatic carbocycles. The highest BCUT2D eigenvalue weighted by Gasteiger charge is 2.62. The van der Waals surface area contributed by atoms with Crippen molar-refractivity contribution in [2.45, 2.75) is 65.5 Å². The fourth-order valence-corrected chi connectivity index (χ4v) is 3.83. The minimum atomic E-state index is -0.239. The molecule has 1 saturated heterocycles. The number of amides is 2. The van der Waals surface area contributed by atoms with Crippen LogP contribution in [0.2, 0.25) is 0 Å². The van der Waals surface area contributed by atoms with Crippen LogP contribution in [0, 0.1) is 17.3 Å². The quantitative estimate of drug-likeness (QED) is 0.811. The number of nitrogens with zero attached hydrogens (tertiary/aromatic N) is 1. The van der Waals surface area contributed by atoms with Crippen LogP contribution >= 0.6 is 0 Å². The van der Waals surface area contributed by atoms with Gasteiger partial charge in [0.1, 0.15) is 6.04 Å². The molecule has 3 unspecified atom stereocenters. The van der Waals surface area contributed by atoms with E-state index in [0.29, 0.717) is 12.0 Å². The van der Waals surface area contributed by atoms with Crippen LogP contribution in [-0.2, 0) is 9.59 Å². The van der Waals surface area contributed by atoms with Crippen molar-refractivity contribution in [2.24, 2.45) is 17.3 Å². The van der Waals surface area contributed by atoms with Gasteiger partial charge in [-0.25, -0.2) is 0 Å². The van der Waals surface area contributed by atoms with Gasteiger partial charge in [0.2, 0.25) is 11.8 Å². The third kappa shape index (κ3) is 2.80. The van der Waals surface area contributed by atoms with Crippen LogP contribution in [0.15, 0.2) is 11.6 Å². The Morgan fingerprint density at radius 3 is 2.45 bits per heavy atom. The molecule has 3 fully saturated rings. The van der Waals surface area contributed by atoms with Crippen molar-refractivity contribution < 1.29 is 9.59 Å². The summed E-state index contributed by atoms with van der Waals surface area (Å²) in [5.74, 6) is 0.598. The summed E-state index contributed by atoms with van der Waals surface area (Å²) in [6, 6.07) is 0.123. The van der Waals surface area contributed by atoms with Crippen molar-refractivity contribution in [3.8, 4) is 0 Å². The van der Waals surface area contributed by atoms with Gasteiger partial charge >= 0.3 is 0 Å². The van der Waals surface area contributed by atoms with Gasteiger partial charge in [-0.05, 0) is 50.9 Å². The molecule has 122 valence electrons. The highest BCUT2D eigenvalue weighted by atomic mass is 16.2. The van der Waals surface area contributed by atoms with Crippen molar-refractivity contribution in [1.82, 2.24) is 10.2 Å². The van der Waals surface area contributed by atoms with Gasteiger partial charge in [0.05, 0.1) is 5.92 Å². The Bertz CT molecular complexity index is 515. The second kappa shape index (κ2) is 5.39. The molecule has 3 atom stereocenters. The Labute approximate surface area is 133 Å². The number of nitrogens with one attached hydrogen (secondary N) is 1. The van der Waals surface area contributed by atoms with Crippen molar-refractivity contribution in [3.05, 3.63) is 11.6 Å². The maximum absolute atomic E-state index is 12.9. The van der Waals surface area contributed by atoms with Crippen molar-refractivity contribution >= 4 is 11.8 Å². The molecule has 2 amide bonds. The summed E-state index contributed by atoms with van der Waals surface area (Å²) in [6.07, 6.45) is 6.15. The lowest BCUT2D eigenvalue weighted by molar-refractivity contribution is -0.140. The van der Waals surface area contributed by atoms with Crippen LogP contribution in [0.5, 0.6) is 0 Å².